The molecule has 2 heterocycles. The fourth-order valence-corrected chi connectivity index (χ4v) is 5.10. The highest BCUT2D eigenvalue weighted by Gasteiger charge is 2.30. The number of sulfonamides is 1. The number of nitrogens with zero attached hydrogens (tertiary/aromatic N) is 2. The second-order valence-electron chi connectivity index (χ2n) is 7.29. The average Bonchev–Trinajstić information content (AvgIpc) is 3.21. The number of nitrogens with one attached hydrogen (secondary N) is 1. The number of furan rings is 1. The Morgan fingerprint density at radius 1 is 1.17 bits per heavy atom. The van der Waals surface area contributed by atoms with E-state index in [1.165, 1.54) is 16.4 Å². The van der Waals surface area contributed by atoms with Gasteiger partial charge in [0.15, 0.2) is 5.76 Å². The van der Waals surface area contributed by atoms with Crippen LogP contribution in [0.2, 0.25) is 5.02 Å². The van der Waals surface area contributed by atoms with Crippen LogP contribution in [0.1, 0.15) is 41.4 Å². The maximum absolute atomic E-state index is 12.7. The van der Waals surface area contributed by atoms with Gasteiger partial charge in [0.25, 0.3) is 15.9 Å². The van der Waals surface area contributed by atoms with E-state index in [0.717, 1.165) is 24.8 Å². The first-order chi connectivity index (χ1) is 13.8. The third-order valence-electron chi connectivity index (χ3n) is 5.06. The second-order valence-corrected chi connectivity index (χ2v) is 9.57. The Hall–Kier alpha value is -1.87. The molecule has 1 saturated heterocycles. The van der Waals surface area contributed by atoms with Gasteiger partial charge in [-0.25, -0.2) is 8.42 Å². The van der Waals surface area contributed by atoms with Crippen molar-refractivity contribution in [3.05, 3.63) is 52.7 Å². The first-order valence-corrected chi connectivity index (χ1v) is 11.4. The van der Waals surface area contributed by atoms with Gasteiger partial charge in [0.1, 0.15) is 0 Å². The summed E-state index contributed by atoms with van der Waals surface area (Å²) in [5.41, 5.74) is 0.896. The van der Waals surface area contributed by atoms with Gasteiger partial charge in [0.2, 0.25) is 5.09 Å². The molecule has 1 unspecified atom stereocenters. The smallest absolute Gasteiger partial charge is 0.287 e. The lowest BCUT2D eigenvalue weighted by Gasteiger charge is -2.25. The molecule has 1 aromatic carbocycles. The van der Waals surface area contributed by atoms with Crippen molar-refractivity contribution in [3.63, 3.8) is 0 Å². The summed E-state index contributed by atoms with van der Waals surface area (Å²) in [5.74, 6) is -0.499. The lowest BCUT2D eigenvalue weighted by Crippen LogP contribution is -2.35. The van der Waals surface area contributed by atoms with Gasteiger partial charge >= 0.3 is 0 Å². The van der Waals surface area contributed by atoms with Gasteiger partial charge < -0.3 is 14.6 Å². The number of benzene rings is 1. The third kappa shape index (κ3) is 5.01. The molecule has 0 spiro atoms. The molecule has 1 atom stereocenters. The highest BCUT2D eigenvalue weighted by molar-refractivity contribution is 7.89. The molecule has 1 aromatic heterocycles. The molecular weight excluding hydrogens is 414 g/mol. The van der Waals surface area contributed by atoms with E-state index in [1.54, 1.807) is 6.07 Å². The topological polar surface area (TPSA) is 82.9 Å². The summed E-state index contributed by atoms with van der Waals surface area (Å²) in [6.45, 7) is 1.25. The number of amides is 1. The standard InChI is InChI=1S/C20H26ClN3O4S/c1-23(2)17(15-8-4-5-9-16(15)21)14-22-20(25)18-10-11-19(28-18)29(26,27)24-12-6-3-7-13-24/h4-5,8-11,17H,3,6-7,12-14H2,1-2H3,(H,22,25). The number of hydrogen-bond donors (Lipinski definition) is 1. The SMILES string of the molecule is CN(C)C(CNC(=O)c1ccc(S(=O)(=O)N2CCCCC2)o1)c1ccccc1Cl. The fourth-order valence-electron chi connectivity index (χ4n) is 3.41. The predicted octanol–water partition coefficient (Wildman–Crippen LogP) is 3.14. The van der Waals surface area contributed by atoms with E-state index >= 15 is 0 Å². The average molecular weight is 440 g/mol. The van der Waals surface area contributed by atoms with Crippen molar-refractivity contribution in [1.29, 1.82) is 0 Å². The van der Waals surface area contributed by atoms with Gasteiger partial charge in [0, 0.05) is 24.7 Å². The van der Waals surface area contributed by atoms with Crippen molar-refractivity contribution >= 4 is 27.5 Å². The summed E-state index contributed by atoms with van der Waals surface area (Å²) >= 11 is 6.29. The molecule has 9 heteroatoms. The van der Waals surface area contributed by atoms with Gasteiger partial charge in [-0.05, 0) is 50.7 Å². The Morgan fingerprint density at radius 2 is 1.86 bits per heavy atom. The van der Waals surface area contributed by atoms with Crippen LogP contribution in [0.25, 0.3) is 0 Å². The van der Waals surface area contributed by atoms with Crippen LogP contribution in [-0.2, 0) is 10.0 Å². The summed E-state index contributed by atoms with van der Waals surface area (Å²) in [6, 6.07) is 10.1. The number of carbonyl (C=O) groups excluding carboxylic acids is 1. The molecule has 3 rings (SSSR count). The van der Waals surface area contributed by atoms with Crippen molar-refractivity contribution in [2.75, 3.05) is 33.7 Å². The summed E-state index contributed by atoms with van der Waals surface area (Å²) in [6.07, 6.45) is 2.69. The second kappa shape index (κ2) is 9.30. The van der Waals surface area contributed by atoms with Crippen LogP contribution in [-0.4, -0.2) is 57.3 Å². The largest absolute Gasteiger partial charge is 0.438 e. The molecule has 1 N–H and O–H groups in total. The van der Waals surface area contributed by atoms with Gasteiger partial charge in [-0.3, -0.25) is 4.79 Å². The normalized spacial score (nSPS) is 16.7. The Morgan fingerprint density at radius 3 is 2.52 bits per heavy atom. The van der Waals surface area contributed by atoms with E-state index < -0.39 is 15.9 Å². The van der Waals surface area contributed by atoms with Crippen LogP contribution in [0.3, 0.4) is 0 Å². The summed E-state index contributed by atoms with van der Waals surface area (Å²) in [5, 5.41) is 3.23. The molecule has 1 amide bonds. The minimum atomic E-state index is -3.71. The zero-order valence-electron chi connectivity index (χ0n) is 16.6. The van der Waals surface area contributed by atoms with E-state index in [2.05, 4.69) is 5.32 Å². The third-order valence-corrected chi connectivity index (χ3v) is 7.17. The predicted molar refractivity (Wildman–Crippen MR) is 112 cm³/mol. The van der Waals surface area contributed by atoms with Crippen LogP contribution in [0.4, 0.5) is 0 Å². The number of carbonyl (C=O) groups is 1. The van der Waals surface area contributed by atoms with Crippen molar-refractivity contribution in [2.45, 2.75) is 30.4 Å². The van der Waals surface area contributed by atoms with Crippen LogP contribution in [0, 0.1) is 0 Å². The summed E-state index contributed by atoms with van der Waals surface area (Å²) in [4.78, 5) is 14.5. The summed E-state index contributed by atoms with van der Waals surface area (Å²) in [7, 11) is 0.0913. The fraction of sp³-hybridized carbons (Fsp3) is 0.450. The van der Waals surface area contributed by atoms with Crippen molar-refractivity contribution in [3.8, 4) is 0 Å². The van der Waals surface area contributed by atoms with Crippen LogP contribution in [0.15, 0.2) is 45.9 Å². The van der Waals surface area contributed by atoms with Gasteiger partial charge in [-0.15, -0.1) is 0 Å². The maximum atomic E-state index is 12.7. The lowest BCUT2D eigenvalue weighted by molar-refractivity contribution is 0.0908. The van der Waals surface area contributed by atoms with Crippen LogP contribution >= 0.6 is 11.6 Å². The molecule has 1 fully saturated rings. The number of hydrogen-bond acceptors (Lipinski definition) is 5. The van der Waals surface area contributed by atoms with Gasteiger partial charge in [-0.1, -0.05) is 36.2 Å². The highest BCUT2D eigenvalue weighted by atomic mass is 35.5. The molecular formula is C20H26ClN3O4S. The van der Waals surface area contributed by atoms with E-state index in [9.17, 15) is 13.2 Å². The maximum Gasteiger partial charge on any atom is 0.287 e. The Labute approximate surface area is 176 Å². The molecule has 7 nitrogen and oxygen atoms in total. The van der Waals surface area contributed by atoms with E-state index in [1.807, 2.05) is 37.2 Å². The Balaban J connectivity index is 1.69. The highest BCUT2D eigenvalue weighted by Crippen LogP contribution is 2.26. The molecule has 0 radical (unpaired) electrons. The van der Waals surface area contributed by atoms with E-state index in [4.69, 9.17) is 16.0 Å². The van der Waals surface area contributed by atoms with E-state index in [-0.39, 0.29) is 16.9 Å². The first-order valence-electron chi connectivity index (χ1n) is 9.59. The zero-order valence-corrected chi connectivity index (χ0v) is 18.2. The lowest BCUT2D eigenvalue weighted by atomic mass is 10.1. The molecule has 1 aliphatic rings. The number of piperidine rings is 1. The minimum Gasteiger partial charge on any atom is -0.438 e. The summed E-state index contributed by atoms with van der Waals surface area (Å²) < 4.78 is 32.2. The minimum absolute atomic E-state index is 0.0303. The van der Waals surface area contributed by atoms with Crippen LogP contribution < -0.4 is 5.32 Å². The Kier molecular flexibility index (Phi) is 7.00. The monoisotopic (exact) mass is 439 g/mol. The van der Waals surface area contributed by atoms with E-state index in [0.29, 0.717) is 24.7 Å². The number of rotatable bonds is 7. The number of halogens is 1. The molecule has 2 aromatic rings. The van der Waals surface area contributed by atoms with Crippen molar-refractivity contribution in [2.24, 2.45) is 0 Å². The molecule has 29 heavy (non-hydrogen) atoms. The number of likely N-dealkylation sites (N-methyl/N-ethyl adjacent to an activating group) is 1. The molecule has 0 bridgehead atoms. The molecule has 158 valence electrons. The molecule has 1 aliphatic heterocycles. The van der Waals surface area contributed by atoms with Crippen molar-refractivity contribution < 1.29 is 17.6 Å². The quantitative estimate of drug-likeness (QED) is 0.716. The van der Waals surface area contributed by atoms with Crippen LogP contribution in [0.5, 0.6) is 0 Å². The van der Waals surface area contributed by atoms with Crippen molar-refractivity contribution in [1.82, 2.24) is 14.5 Å². The molecule has 0 saturated carbocycles. The van der Waals surface area contributed by atoms with Gasteiger partial charge in [0.05, 0.1) is 6.04 Å². The Bertz CT molecular complexity index is 952. The first kappa shape index (κ1) is 21.8. The molecule has 0 aliphatic carbocycles. The zero-order chi connectivity index (χ0) is 21.0. The van der Waals surface area contributed by atoms with Gasteiger partial charge in [-0.2, -0.15) is 4.31 Å².